The van der Waals surface area contributed by atoms with Crippen molar-refractivity contribution in [3.8, 4) is 0 Å². The second-order valence-electron chi connectivity index (χ2n) is 5.77. The summed E-state index contributed by atoms with van der Waals surface area (Å²) in [5, 5.41) is 2.99. The summed E-state index contributed by atoms with van der Waals surface area (Å²) >= 11 is 0. The molecule has 0 bridgehead atoms. The van der Waals surface area contributed by atoms with E-state index < -0.39 is 0 Å². The summed E-state index contributed by atoms with van der Waals surface area (Å²) in [6.07, 6.45) is 3.37. The van der Waals surface area contributed by atoms with Crippen molar-refractivity contribution in [3.05, 3.63) is 77.9 Å². The Bertz CT molecular complexity index is 665. The molecule has 23 heavy (non-hydrogen) atoms. The fraction of sp³-hybridized carbons (Fsp3) is 0.250. The van der Waals surface area contributed by atoms with Gasteiger partial charge in [0.2, 0.25) is 0 Å². The summed E-state index contributed by atoms with van der Waals surface area (Å²) < 4.78 is 0. The molecule has 1 aliphatic rings. The van der Waals surface area contributed by atoms with Crippen LogP contribution < -0.4 is 5.32 Å². The first kappa shape index (κ1) is 15.5. The second kappa shape index (κ2) is 7.75. The van der Waals surface area contributed by atoms with E-state index in [1.54, 1.807) is 0 Å². The molecule has 118 valence electrons. The van der Waals surface area contributed by atoms with E-state index in [4.69, 9.17) is 0 Å². The molecule has 0 atom stereocenters. The molecule has 0 aromatic heterocycles. The van der Waals surface area contributed by atoms with Gasteiger partial charge in [0.15, 0.2) is 0 Å². The predicted octanol–water partition coefficient (Wildman–Crippen LogP) is 3.21. The Labute approximate surface area is 137 Å². The summed E-state index contributed by atoms with van der Waals surface area (Å²) in [5.74, 6) is 0.00289. The molecule has 2 aromatic rings. The third-order valence-corrected chi connectivity index (χ3v) is 4.19. The van der Waals surface area contributed by atoms with Gasteiger partial charge in [0.25, 0.3) is 5.91 Å². The highest BCUT2D eigenvalue weighted by molar-refractivity contribution is 5.94. The third kappa shape index (κ3) is 4.30. The van der Waals surface area contributed by atoms with Crippen LogP contribution in [0.2, 0.25) is 0 Å². The molecule has 0 fully saturated rings. The van der Waals surface area contributed by atoms with Crippen LogP contribution >= 0.6 is 0 Å². The zero-order valence-electron chi connectivity index (χ0n) is 13.2. The van der Waals surface area contributed by atoms with Gasteiger partial charge < -0.3 is 5.32 Å². The maximum Gasteiger partial charge on any atom is 0.251 e. The van der Waals surface area contributed by atoms with E-state index in [2.05, 4.69) is 46.6 Å². The van der Waals surface area contributed by atoms with Crippen molar-refractivity contribution in [1.29, 1.82) is 0 Å². The van der Waals surface area contributed by atoms with Crippen molar-refractivity contribution < 1.29 is 4.79 Å². The van der Waals surface area contributed by atoms with Crippen molar-refractivity contribution in [1.82, 2.24) is 10.2 Å². The molecule has 1 heterocycles. The number of nitrogens with zero attached hydrogens (tertiary/aromatic N) is 1. The molecule has 3 heteroatoms. The number of hydrogen-bond donors (Lipinski definition) is 1. The molecular weight excluding hydrogens is 284 g/mol. The first-order valence-electron chi connectivity index (χ1n) is 8.13. The minimum Gasteiger partial charge on any atom is -0.351 e. The predicted molar refractivity (Wildman–Crippen MR) is 94.3 cm³/mol. The van der Waals surface area contributed by atoms with Crippen molar-refractivity contribution in [2.45, 2.75) is 6.42 Å². The van der Waals surface area contributed by atoms with Gasteiger partial charge in [-0.3, -0.25) is 9.69 Å². The topological polar surface area (TPSA) is 32.3 Å². The Hall–Kier alpha value is -2.39. The van der Waals surface area contributed by atoms with E-state index in [1.807, 2.05) is 30.3 Å². The standard InChI is InChI=1S/C20H22N2O/c23-20(19-9-5-2-6-10-19)21-13-16-22-14-11-18(12-15-22)17-7-3-1-4-8-17/h1-11H,12-16H2,(H,21,23). The van der Waals surface area contributed by atoms with E-state index in [9.17, 15) is 4.79 Å². The number of hydrogen-bond acceptors (Lipinski definition) is 2. The zero-order valence-corrected chi connectivity index (χ0v) is 13.2. The number of benzene rings is 2. The van der Waals surface area contributed by atoms with Crippen LogP contribution in [0.3, 0.4) is 0 Å². The van der Waals surface area contributed by atoms with Gasteiger partial charge in [-0.2, -0.15) is 0 Å². The summed E-state index contributed by atoms with van der Waals surface area (Å²) in [5.41, 5.74) is 3.47. The second-order valence-corrected chi connectivity index (χ2v) is 5.77. The fourth-order valence-electron chi connectivity index (χ4n) is 2.85. The minimum absolute atomic E-state index is 0.00289. The van der Waals surface area contributed by atoms with Gasteiger partial charge in [0, 0.05) is 31.7 Å². The van der Waals surface area contributed by atoms with E-state index in [0.29, 0.717) is 6.54 Å². The molecule has 1 N–H and O–H groups in total. The monoisotopic (exact) mass is 306 g/mol. The van der Waals surface area contributed by atoms with Crippen LogP contribution in [0.25, 0.3) is 5.57 Å². The van der Waals surface area contributed by atoms with Crippen molar-refractivity contribution >= 4 is 11.5 Å². The number of amides is 1. The van der Waals surface area contributed by atoms with Crippen LogP contribution in [0.1, 0.15) is 22.3 Å². The quantitative estimate of drug-likeness (QED) is 0.920. The summed E-state index contributed by atoms with van der Waals surface area (Å²) in [4.78, 5) is 14.4. The molecule has 1 aliphatic heterocycles. The van der Waals surface area contributed by atoms with Crippen LogP contribution in [0.15, 0.2) is 66.7 Å². The Morgan fingerprint density at radius 1 is 1.00 bits per heavy atom. The lowest BCUT2D eigenvalue weighted by Crippen LogP contribution is -2.37. The Morgan fingerprint density at radius 2 is 1.70 bits per heavy atom. The van der Waals surface area contributed by atoms with Crippen molar-refractivity contribution in [3.63, 3.8) is 0 Å². The average Bonchev–Trinajstić information content (AvgIpc) is 2.64. The maximum atomic E-state index is 12.0. The molecule has 3 rings (SSSR count). The zero-order chi connectivity index (χ0) is 15.9. The fourth-order valence-corrected chi connectivity index (χ4v) is 2.85. The van der Waals surface area contributed by atoms with Gasteiger partial charge in [-0.25, -0.2) is 0 Å². The van der Waals surface area contributed by atoms with Gasteiger partial charge in [-0.05, 0) is 29.7 Å². The number of carbonyl (C=O) groups excluding carboxylic acids is 1. The van der Waals surface area contributed by atoms with Crippen LogP contribution in [0, 0.1) is 0 Å². The van der Waals surface area contributed by atoms with Crippen molar-refractivity contribution in [2.24, 2.45) is 0 Å². The average molecular weight is 306 g/mol. The minimum atomic E-state index is 0.00289. The third-order valence-electron chi connectivity index (χ3n) is 4.19. The van der Waals surface area contributed by atoms with Crippen LogP contribution in [0.4, 0.5) is 0 Å². The first-order chi connectivity index (χ1) is 11.3. The highest BCUT2D eigenvalue weighted by Crippen LogP contribution is 2.21. The highest BCUT2D eigenvalue weighted by Gasteiger charge is 2.13. The SMILES string of the molecule is O=C(NCCN1CC=C(c2ccccc2)CC1)c1ccccc1. The molecule has 0 saturated heterocycles. The molecule has 1 amide bonds. The van der Waals surface area contributed by atoms with Gasteiger partial charge in [-0.15, -0.1) is 0 Å². The Balaban J connectivity index is 1.44. The van der Waals surface area contributed by atoms with Gasteiger partial charge in [0.05, 0.1) is 0 Å². The molecule has 0 unspecified atom stereocenters. The summed E-state index contributed by atoms with van der Waals surface area (Å²) in [7, 11) is 0. The van der Waals surface area contributed by atoms with Gasteiger partial charge in [0.1, 0.15) is 0 Å². The van der Waals surface area contributed by atoms with Gasteiger partial charge in [-0.1, -0.05) is 54.6 Å². The van der Waals surface area contributed by atoms with Crippen LogP contribution in [-0.4, -0.2) is 37.0 Å². The summed E-state index contributed by atoms with van der Waals surface area (Å²) in [6.45, 7) is 3.56. The van der Waals surface area contributed by atoms with E-state index in [1.165, 1.54) is 11.1 Å². The Morgan fingerprint density at radius 3 is 2.35 bits per heavy atom. The molecule has 0 radical (unpaired) electrons. The number of carbonyl (C=O) groups is 1. The van der Waals surface area contributed by atoms with E-state index >= 15 is 0 Å². The molecular formula is C20H22N2O. The molecule has 0 saturated carbocycles. The van der Waals surface area contributed by atoms with E-state index in [0.717, 1.165) is 31.6 Å². The molecule has 0 spiro atoms. The van der Waals surface area contributed by atoms with Crippen LogP contribution in [0.5, 0.6) is 0 Å². The highest BCUT2D eigenvalue weighted by atomic mass is 16.1. The van der Waals surface area contributed by atoms with E-state index in [-0.39, 0.29) is 5.91 Å². The first-order valence-corrected chi connectivity index (χ1v) is 8.13. The van der Waals surface area contributed by atoms with Gasteiger partial charge >= 0.3 is 0 Å². The Kier molecular flexibility index (Phi) is 5.22. The van der Waals surface area contributed by atoms with Crippen LogP contribution in [-0.2, 0) is 0 Å². The summed E-state index contributed by atoms with van der Waals surface area (Å²) in [6, 6.07) is 19.9. The normalized spacial score (nSPS) is 15.0. The number of rotatable bonds is 5. The molecule has 0 aliphatic carbocycles. The lowest BCUT2D eigenvalue weighted by molar-refractivity contribution is 0.0949. The van der Waals surface area contributed by atoms with Crippen molar-refractivity contribution in [2.75, 3.05) is 26.2 Å². The number of nitrogens with one attached hydrogen (secondary N) is 1. The maximum absolute atomic E-state index is 12.0. The molecule has 3 nitrogen and oxygen atoms in total. The lowest BCUT2D eigenvalue weighted by Gasteiger charge is -2.26. The lowest BCUT2D eigenvalue weighted by atomic mass is 10.00. The largest absolute Gasteiger partial charge is 0.351 e. The molecule has 2 aromatic carbocycles. The smallest absolute Gasteiger partial charge is 0.251 e.